The van der Waals surface area contributed by atoms with Crippen molar-refractivity contribution in [3.63, 3.8) is 0 Å². The molecule has 1 amide bonds. The summed E-state index contributed by atoms with van der Waals surface area (Å²) in [5.41, 5.74) is 6.37. The summed E-state index contributed by atoms with van der Waals surface area (Å²) in [4.78, 5) is 10.3. The molecular formula is C17H22N2OS. The van der Waals surface area contributed by atoms with Crippen molar-refractivity contribution in [1.29, 1.82) is 0 Å². The smallest absolute Gasteiger partial charge is 0.0980 e. The summed E-state index contributed by atoms with van der Waals surface area (Å²) in [7, 11) is 0. The highest BCUT2D eigenvalue weighted by Crippen LogP contribution is 1.98. The molecule has 2 aromatic rings. The molecule has 0 aromatic heterocycles. The Labute approximate surface area is 132 Å². The molecule has 0 spiro atoms. The van der Waals surface area contributed by atoms with Gasteiger partial charge in [0.1, 0.15) is 0 Å². The van der Waals surface area contributed by atoms with Crippen LogP contribution in [0.2, 0.25) is 0 Å². The molecule has 2 aromatic carbocycles. The SMILES string of the molecule is O=C([S-])NCCc1ccccc1.[NH3+]CCc1ccccc1. The van der Waals surface area contributed by atoms with Crippen LogP contribution < -0.4 is 11.1 Å². The minimum atomic E-state index is -0.383. The second kappa shape index (κ2) is 10.8. The second-order valence-electron chi connectivity index (χ2n) is 4.54. The van der Waals surface area contributed by atoms with Gasteiger partial charge in [-0.05, 0) is 17.5 Å². The first-order valence-electron chi connectivity index (χ1n) is 7.04. The third-order valence-electron chi connectivity index (χ3n) is 2.83. The number of carbonyl (C=O) groups is 1. The summed E-state index contributed by atoms with van der Waals surface area (Å²) in [5.74, 6) is 0. The molecule has 0 saturated heterocycles. The normalized spacial score (nSPS) is 9.38. The van der Waals surface area contributed by atoms with Crippen LogP contribution >= 0.6 is 0 Å². The molecule has 21 heavy (non-hydrogen) atoms. The van der Waals surface area contributed by atoms with E-state index in [1.807, 2.05) is 36.4 Å². The van der Waals surface area contributed by atoms with Crippen LogP contribution in [0.15, 0.2) is 60.7 Å². The lowest BCUT2D eigenvalue weighted by atomic mass is 10.2. The van der Waals surface area contributed by atoms with E-state index in [0.717, 1.165) is 19.4 Å². The molecule has 0 fully saturated rings. The molecule has 0 aliphatic rings. The summed E-state index contributed by atoms with van der Waals surface area (Å²) in [6, 6.07) is 20.4. The lowest BCUT2D eigenvalue weighted by molar-refractivity contribution is -0.366. The molecule has 4 heteroatoms. The van der Waals surface area contributed by atoms with E-state index in [9.17, 15) is 4.79 Å². The first kappa shape index (κ1) is 17.1. The molecule has 2 rings (SSSR count). The van der Waals surface area contributed by atoms with Gasteiger partial charge in [-0.15, -0.1) is 0 Å². The van der Waals surface area contributed by atoms with Crippen molar-refractivity contribution in [3.05, 3.63) is 71.8 Å². The monoisotopic (exact) mass is 302 g/mol. The Kier molecular flexibility index (Phi) is 8.84. The number of benzene rings is 2. The number of carbonyl (C=O) groups excluding carboxylic acids is 1. The van der Waals surface area contributed by atoms with Gasteiger partial charge < -0.3 is 28.5 Å². The Morgan fingerprint density at radius 3 is 1.81 bits per heavy atom. The molecule has 0 saturated carbocycles. The van der Waals surface area contributed by atoms with E-state index in [4.69, 9.17) is 0 Å². The van der Waals surface area contributed by atoms with E-state index in [1.54, 1.807) is 0 Å². The molecule has 0 bridgehead atoms. The Morgan fingerprint density at radius 1 is 0.905 bits per heavy atom. The Bertz CT molecular complexity index is 503. The van der Waals surface area contributed by atoms with Gasteiger partial charge in [0.2, 0.25) is 0 Å². The summed E-state index contributed by atoms with van der Waals surface area (Å²) in [6.07, 6.45) is 1.93. The number of quaternary nitrogens is 1. The van der Waals surface area contributed by atoms with E-state index in [0.29, 0.717) is 6.54 Å². The van der Waals surface area contributed by atoms with Gasteiger partial charge in [-0.2, -0.15) is 0 Å². The first-order chi connectivity index (χ1) is 10.2. The summed E-state index contributed by atoms with van der Waals surface area (Å²) in [6.45, 7) is 1.61. The third kappa shape index (κ3) is 8.78. The summed E-state index contributed by atoms with van der Waals surface area (Å²) < 4.78 is 0. The fraction of sp³-hybridized carbons (Fsp3) is 0.235. The second-order valence-corrected chi connectivity index (χ2v) is 4.91. The lowest BCUT2D eigenvalue weighted by Crippen LogP contribution is -2.51. The Balaban J connectivity index is 0.000000219. The maximum absolute atomic E-state index is 10.3. The van der Waals surface area contributed by atoms with Crippen molar-refractivity contribution in [1.82, 2.24) is 5.32 Å². The molecular weight excluding hydrogens is 280 g/mol. The standard InChI is InChI=1S/C9H11NOS.C8H11N/c11-9(12)10-7-6-8-4-2-1-3-5-8;9-7-6-8-4-2-1-3-5-8/h1-5H,6-7H2,(H2,10,11,12);1-5H,6-7,9H2. The van der Waals surface area contributed by atoms with Gasteiger partial charge in [0.05, 0.1) is 11.8 Å². The predicted octanol–water partition coefficient (Wildman–Crippen LogP) is 1.96. The van der Waals surface area contributed by atoms with Crippen molar-refractivity contribution in [2.24, 2.45) is 0 Å². The molecule has 0 heterocycles. The quantitative estimate of drug-likeness (QED) is 0.830. The Hall–Kier alpha value is -1.91. The van der Waals surface area contributed by atoms with Crippen LogP contribution in [0.3, 0.4) is 0 Å². The number of nitrogens with one attached hydrogen (secondary N) is 1. The van der Waals surface area contributed by atoms with Crippen LogP contribution in [-0.4, -0.2) is 18.3 Å². The van der Waals surface area contributed by atoms with Crippen LogP contribution in [0.25, 0.3) is 0 Å². The van der Waals surface area contributed by atoms with E-state index >= 15 is 0 Å². The number of amides is 1. The fourth-order valence-electron chi connectivity index (χ4n) is 1.80. The highest BCUT2D eigenvalue weighted by molar-refractivity contribution is 7.76. The average Bonchev–Trinajstić information content (AvgIpc) is 2.50. The van der Waals surface area contributed by atoms with Gasteiger partial charge in [-0.1, -0.05) is 60.7 Å². The maximum atomic E-state index is 10.3. The molecule has 112 valence electrons. The zero-order valence-electron chi connectivity index (χ0n) is 12.1. The molecule has 0 aliphatic heterocycles. The van der Waals surface area contributed by atoms with Crippen LogP contribution in [0.1, 0.15) is 11.1 Å². The average molecular weight is 302 g/mol. The van der Waals surface area contributed by atoms with Gasteiger partial charge in [0.15, 0.2) is 0 Å². The number of rotatable bonds is 5. The van der Waals surface area contributed by atoms with Crippen LogP contribution in [0, 0.1) is 0 Å². The van der Waals surface area contributed by atoms with E-state index in [1.165, 1.54) is 11.1 Å². The van der Waals surface area contributed by atoms with Crippen molar-refractivity contribution < 1.29 is 10.5 Å². The molecule has 3 nitrogen and oxygen atoms in total. The van der Waals surface area contributed by atoms with Crippen molar-refractivity contribution in [2.45, 2.75) is 12.8 Å². The fourth-order valence-corrected chi connectivity index (χ4v) is 1.90. The predicted molar refractivity (Wildman–Crippen MR) is 88.8 cm³/mol. The van der Waals surface area contributed by atoms with Gasteiger partial charge >= 0.3 is 0 Å². The van der Waals surface area contributed by atoms with Gasteiger partial charge in [-0.25, -0.2) is 0 Å². The Morgan fingerprint density at radius 2 is 1.38 bits per heavy atom. The first-order valence-corrected chi connectivity index (χ1v) is 7.45. The maximum Gasteiger partial charge on any atom is 0.0980 e. The van der Waals surface area contributed by atoms with Gasteiger partial charge in [0.25, 0.3) is 0 Å². The van der Waals surface area contributed by atoms with Gasteiger partial charge in [0, 0.05) is 13.0 Å². The zero-order valence-corrected chi connectivity index (χ0v) is 12.9. The minimum Gasteiger partial charge on any atom is -0.719 e. The largest absolute Gasteiger partial charge is 0.719 e. The van der Waals surface area contributed by atoms with Crippen molar-refractivity contribution in [3.8, 4) is 0 Å². The van der Waals surface area contributed by atoms with Crippen LogP contribution in [0.5, 0.6) is 0 Å². The molecule has 0 aliphatic carbocycles. The van der Waals surface area contributed by atoms with Crippen molar-refractivity contribution >= 4 is 17.9 Å². The topological polar surface area (TPSA) is 56.7 Å². The third-order valence-corrected chi connectivity index (χ3v) is 2.98. The summed E-state index contributed by atoms with van der Waals surface area (Å²) in [5, 5.41) is 2.19. The van der Waals surface area contributed by atoms with E-state index < -0.39 is 0 Å². The van der Waals surface area contributed by atoms with Crippen molar-refractivity contribution in [2.75, 3.05) is 13.1 Å². The highest BCUT2D eigenvalue weighted by Gasteiger charge is 1.89. The minimum absolute atomic E-state index is 0.383. The number of hydrogen-bond donors (Lipinski definition) is 2. The summed E-state index contributed by atoms with van der Waals surface area (Å²) >= 11 is 4.34. The highest BCUT2D eigenvalue weighted by atomic mass is 32.1. The van der Waals surface area contributed by atoms with Crippen LogP contribution in [0.4, 0.5) is 4.79 Å². The lowest BCUT2D eigenvalue weighted by Gasteiger charge is -2.06. The van der Waals surface area contributed by atoms with E-state index in [2.05, 4.69) is 47.9 Å². The number of hydrogen-bond acceptors (Lipinski definition) is 2. The van der Waals surface area contributed by atoms with Gasteiger partial charge in [-0.3, -0.25) is 0 Å². The molecule has 0 unspecified atom stereocenters. The molecule has 0 atom stereocenters. The van der Waals surface area contributed by atoms with Crippen LogP contribution in [-0.2, 0) is 25.5 Å². The molecule has 0 radical (unpaired) electrons. The zero-order chi connectivity index (χ0) is 15.3. The van der Waals surface area contributed by atoms with E-state index in [-0.39, 0.29) is 5.24 Å². The molecule has 4 N–H and O–H groups in total.